The third-order valence-electron chi connectivity index (χ3n) is 2.46. The van der Waals surface area contributed by atoms with Gasteiger partial charge in [-0.2, -0.15) is 0 Å². The Balaban J connectivity index is 1.97. The van der Waals surface area contributed by atoms with Gasteiger partial charge in [-0.15, -0.1) is 0 Å². The third kappa shape index (κ3) is 2.18. The van der Waals surface area contributed by atoms with Gasteiger partial charge in [0.05, 0.1) is 6.67 Å². The van der Waals surface area contributed by atoms with Gasteiger partial charge in [0.15, 0.2) is 0 Å². The monoisotopic (exact) mass is 219 g/mol. The van der Waals surface area contributed by atoms with Crippen molar-refractivity contribution in [1.82, 2.24) is 9.88 Å². The van der Waals surface area contributed by atoms with Crippen molar-refractivity contribution in [1.29, 1.82) is 0 Å². The summed E-state index contributed by atoms with van der Waals surface area (Å²) in [6.45, 7) is 2.09. The van der Waals surface area contributed by atoms with Crippen LogP contribution >= 0.6 is 0 Å². The summed E-state index contributed by atoms with van der Waals surface area (Å²) in [5.41, 5.74) is 0.893. The summed E-state index contributed by atoms with van der Waals surface area (Å²) >= 11 is 0. The summed E-state index contributed by atoms with van der Waals surface area (Å²) < 4.78 is 0. The number of rotatable bonds is 3. The highest BCUT2D eigenvalue weighted by Gasteiger charge is 2.28. The van der Waals surface area contributed by atoms with E-state index in [9.17, 15) is 9.59 Å². The van der Waals surface area contributed by atoms with E-state index in [1.807, 2.05) is 19.1 Å². The first kappa shape index (κ1) is 10.6. The molecule has 0 unspecified atom stereocenters. The zero-order chi connectivity index (χ0) is 11.5. The molecule has 16 heavy (non-hydrogen) atoms. The Kier molecular flexibility index (Phi) is 2.85. The minimum Gasteiger partial charge on any atom is -0.352 e. The van der Waals surface area contributed by atoms with Crippen LogP contribution in [0.2, 0.25) is 0 Å². The Morgan fingerprint density at radius 3 is 2.62 bits per heavy atom. The molecule has 0 saturated carbocycles. The first-order valence-corrected chi connectivity index (χ1v) is 5.17. The molecule has 2 rings (SSSR count). The molecule has 1 aromatic heterocycles. The van der Waals surface area contributed by atoms with Crippen molar-refractivity contribution in [3.05, 3.63) is 23.9 Å². The molecule has 0 radical (unpaired) electrons. The standard InChI is InChI=1S/C11H13N3O2/c1-8-3-2-4-9(13-8)12-7-14-10(15)5-6-11(14)16/h2-4H,5-7H2,1H3,(H,12,13). The van der Waals surface area contributed by atoms with E-state index in [4.69, 9.17) is 0 Å². The fourth-order valence-corrected chi connectivity index (χ4v) is 1.60. The van der Waals surface area contributed by atoms with Gasteiger partial charge in [0, 0.05) is 18.5 Å². The van der Waals surface area contributed by atoms with Crippen LogP contribution in [-0.2, 0) is 9.59 Å². The van der Waals surface area contributed by atoms with E-state index >= 15 is 0 Å². The Morgan fingerprint density at radius 2 is 2.00 bits per heavy atom. The fraction of sp³-hybridized carbons (Fsp3) is 0.364. The van der Waals surface area contributed by atoms with Crippen molar-refractivity contribution in [2.24, 2.45) is 0 Å². The van der Waals surface area contributed by atoms with Crippen LogP contribution in [0.15, 0.2) is 18.2 Å². The van der Waals surface area contributed by atoms with Crippen molar-refractivity contribution in [2.45, 2.75) is 19.8 Å². The first-order chi connectivity index (χ1) is 7.66. The largest absolute Gasteiger partial charge is 0.352 e. The van der Waals surface area contributed by atoms with Crippen LogP contribution in [0.25, 0.3) is 0 Å². The highest BCUT2D eigenvalue weighted by atomic mass is 16.2. The van der Waals surface area contributed by atoms with Gasteiger partial charge in [0.1, 0.15) is 5.82 Å². The predicted molar refractivity (Wildman–Crippen MR) is 58.6 cm³/mol. The zero-order valence-electron chi connectivity index (χ0n) is 9.06. The second-order valence-corrected chi connectivity index (χ2v) is 3.71. The molecule has 0 aromatic carbocycles. The molecule has 0 bridgehead atoms. The van der Waals surface area contributed by atoms with Crippen molar-refractivity contribution >= 4 is 17.6 Å². The van der Waals surface area contributed by atoms with E-state index in [1.165, 1.54) is 4.90 Å². The van der Waals surface area contributed by atoms with Crippen molar-refractivity contribution in [3.63, 3.8) is 0 Å². The molecule has 1 N–H and O–H groups in total. The minimum absolute atomic E-state index is 0.120. The van der Waals surface area contributed by atoms with Gasteiger partial charge in [-0.3, -0.25) is 14.5 Å². The number of aryl methyl sites for hydroxylation is 1. The quantitative estimate of drug-likeness (QED) is 0.767. The van der Waals surface area contributed by atoms with Crippen molar-refractivity contribution in [3.8, 4) is 0 Å². The van der Waals surface area contributed by atoms with Crippen LogP contribution in [0.3, 0.4) is 0 Å². The maximum absolute atomic E-state index is 11.3. The number of likely N-dealkylation sites (tertiary alicyclic amines) is 1. The molecule has 1 aromatic rings. The number of hydrogen-bond donors (Lipinski definition) is 1. The maximum Gasteiger partial charge on any atom is 0.231 e. The Morgan fingerprint density at radius 1 is 1.31 bits per heavy atom. The number of carbonyl (C=O) groups is 2. The Labute approximate surface area is 93.5 Å². The Bertz CT molecular complexity index is 415. The highest BCUT2D eigenvalue weighted by Crippen LogP contribution is 2.12. The van der Waals surface area contributed by atoms with Gasteiger partial charge in [-0.1, -0.05) is 6.07 Å². The number of hydrogen-bond acceptors (Lipinski definition) is 4. The van der Waals surface area contributed by atoms with Crippen LogP contribution in [0.4, 0.5) is 5.82 Å². The van der Waals surface area contributed by atoms with E-state index in [0.717, 1.165) is 5.69 Å². The molecular formula is C11H13N3O2. The van der Waals surface area contributed by atoms with Crippen LogP contribution in [0, 0.1) is 6.92 Å². The predicted octanol–water partition coefficient (Wildman–Crippen LogP) is 0.908. The van der Waals surface area contributed by atoms with Crippen LogP contribution in [0.1, 0.15) is 18.5 Å². The van der Waals surface area contributed by atoms with E-state index in [1.54, 1.807) is 6.07 Å². The smallest absolute Gasteiger partial charge is 0.231 e. The second-order valence-electron chi connectivity index (χ2n) is 3.71. The minimum atomic E-state index is -0.120. The first-order valence-electron chi connectivity index (χ1n) is 5.17. The third-order valence-corrected chi connectivity index (χ3v) is 2.46. The average molecular weight is 219 g/mol. The maximum atomic E-state index is 11.3. The number of carbonyl (C=O) groups excluding carboxylic acids is 2. The van der Waals surface area contributed by atoms with Crippen LogP contribution in [-0.4, -0.2) is 28.4 Å². The fourth-order valence-electron chi connectivity index (χ4n) is 1.60. The molecule has 84 valence electrons. The lowest BCUT2D eigenvalue weighted by Crippen LogP contribution is -2.34. The van der Waals surface area contributed by atoms with Crippen molar-refractivity contribution < 1.29 is 9.59 Å². The molecule has 1 aliphatic heterocycles. The number of pyridine rings is 1. The summed E-state index contributed by atoms with van der Waals surface area (Å²) in [6, 6.07) is 5.56. The highest BCUT2D eigenvalue weighted by molar-refractivity contribution is 6.02. The van der Waals surface area contributed by atoms with Gasteiger partial charge in [-0.25, -0.2) is 4.98 Å². The van der Waals surface area contributed by atoms with Gasteiger partial charge < -0.3 is 5.32 Å². The molecule has 0 aliphatic carbocycles. The summed E-state index contributed by atoms with van der Waals surface area (Å²) in [7, 11) is 0. The van der Waals surface area contributed by atoms with Gasteiger partial charge in [0.25, 0.3) is 0 Å². The lowest BCUT2D eigenvalue weighted by molar-refractivity contribution is -0.137. The number of amides is 2. The van der Waals surface area contributed by atoms with E-state index in [2.05, 4.69) is 10.3 Å². The number of nitrogens with one attached hydrogen (secondary N) is 1. The van der Waals surface area contributed by atoms with E-state index in [0.29, 0.717) is 18.7 Å². The number of nitrogens with zero attached hydrogens (tertiary/aromatic N) is 2. The molecule has 1 saturated heterocycles. The van der Waals surface area contributed by atoms with Crippen LogP contribution < -0.4 is 5.32 Å². The van der Waals surface area contributed by atoms with E-state index < -0.39 is 0 Å². The summed E-state index contributed by atoms with van der Waals surface area (Å²) in [6.07, 6.45) is 0.642. The number of anilines is 1. The lowest BCUT2D eigenvalue weighted by Gasteiger charge is -2.14. The summed E-state index contributed by atoms with van der Waals surface area (Å²) in [5.74, 6) is 0.433. The average Bonchev–Trinajstić information content (AvgIpc) is 2.56. The summed E-state index contributed by atoms with van der Waals surface area (Å²) in [4.78, 5) is 28.1. The molecule has 1 aliphatic rings. The van der Waals surface area contributed by atoms with E-state index in [-0.39, 0.29) is 18.5 Å². The lowest BCUT2D eigenvalue weighted by atomic mass is 10.4. The van der Waals surface area contributed by atoms with Gasteiger partial charge in [0.2, 0.25) is 11.8 Å². The number of aromatic nitrogens is 1. The molecule has 0 atom stereocenters. The molecule has 0 spiro atoms. The Hall–Kier alpha value is -1.91. The molecule has 2 amide bonds. The van der Waals surface area contributed by atoms with Crippen molar-refractivity contribution in [2.75, 3.05) is 12.0 Å². The molecule has 5 nitrogen and oxygen atoms in total. The topological polar surface area (TPSA) is 62.3 Å². The molecular weight excluding hydrogens is 206 g/mol. The van der Waals surface area contributed by atoms with Gasteiger partial charge >= 0.3 is 0 Å². The van der Waals surface area contributed by atoms with Crippen LogP contribution in [0.5, 0.6) is 0 Å². The number of imide groups is 1. The zero-order valence-corrected chi connectivity index (χ0v) is 9.06. The second kappa shape index (κ2) is 4.30. The molecule has 5 heteroatoms. The molecule has 1 fully saturated rings. The normalized spacial score (nSPS) is 15.7. The SMILES string of the molecule is Cc1cccc(NCN2C(=O)CCC2=O)n1. The summed E-state index contributed by atoms with van der Waals surface area (Å²) in [5, 5.41) is 2.96. The van der Waals surface area contributed by atoms with Gasteiger partial charge in [-0.05, 0) is 19.1 Å². The molecule has 2 heterocycles.